The van der Waals surface area contributed by atoms with Crippen LogP contribution in [-0.4, -0.2) is 0 Å². The van der Waals surface area contributed by atoms with Crippen molar-refractivity contribution in [1.82, 2.24) is 0 Å². The van der Waals surface area contributed by atoms with Crippen molar-refractivity contribution in [1.29, 1.82) is 10.5 Å². The molecule has 0 saturated carbocycles. The van der Waals surface area contributed by atoms with E-state index < -0.39 is 0 Å². The van der Waals surface area contributed by atoms with Crippen LogP contribution in [-0.2, 0) is 0 Å². The maximum Gasteiger partial charge on any atom is 0.101 e. The van der Waals surface area contributed by atoms with Gasteiger partial charge in [-0.25, -0.2) is 0 Å². The summed E-state index contributed by atoms with van der Waals surface area (Å²) in [6.45, 7) is 0. The lowest BCUT2D eigenvalue weighted by Gasteiger charge is -2.01. The van der Waals surface area contributed by atoms with Crippen molar-refractivity contribution in [2.24, 2.45) is 0 Å². The summed E-state index contributed by atoms with van der Waals surface area (Å²) in [5.41, 5.74) is 7.07. The molecule has 0 fully saturated rings. The summed E-state index contributed by atoms with van der Waals surface area (Å²) in [6.07, 6.45) is 0. The molecular formula is C12H7N3. The second-order valence-electron chi connectivity index (χ2n) is 3.23. The molecule has 0 aliphatic carbocycles. The highest BCUT2D eigenvalue weighted by Crippen LogP contribution is 2.21. The van der Waals surface area contributed by atoms with Crippen LogP contribution in [0.25, 0.3) is 10.8 Å². The summed E-state index contributed by atoms with van der Waals surface area (Å²) < 4.78 is 0. The van der Waals surface area contributed by atoms with E-state index in [1.165, 1.54) is 0 Å². The van der Waals surface area contributed by atoms with Crippen molar-refractivity contribution >= 4 is 16.5 Å². The fourth-order valence-corrected chi connectivity index (χ4v) is 1.50. The highest BCUT2D eigenvalue weighted by Gasteiger charge is 2.03. The van der Waals surface area contributed by atoms with Gasteiger partial charge in [0.2, 0.25) is 0 Å². The number of anilines is 1. The minimum Gasteiger partial charge on any atom is -0.399 e. The Hall–Kier alpha value is -2.52. The first-order valence-corrected chi connectivity index (χ1v) is 4.38. The van der Waals surface area contributed by atoms with Crippen LogP contribution in [0.1, 0.15) is 11.1 Å². The molecule has 0 radical (unpaired) electrons. The van der Waals surface area contributed by atoms with Crippen molar-refractivity contribution in [3.8, 4) is 12.1 Å². The summed E-state index contributed by atoms with van der Waals surface area (Å²) in [4.78, 5) is 0. The van der Waals surface area contributed by atoms with Crippen LogP contribution in [0.2, 0.25) is 0 Å². The summed E-state index contributed by atoms with van der Waals surface area (Å²) in [5, 5.41) is 19.5. The Morgan fingerprint density at radius 1 is 0.867 bits per heavy atom. The molecule has 15 heavy (non-hydrogen) atoms. The van der Waals surface area contributed by atoms with Crippen molar-refractivity contribution in [2.75, 3.05) is 5.73 Å². The average molecular weight is 193 g/mol. The summed E-state index contributed by atoms with van der Waals surface area (Å²) >= 11 is 0. The van der Waals surface area contributed by atoms with Crippen LogP contribution in [0.4, 0.5) is 5.69 Å². The van der Waals surface area contributed by atoms with Gasteiger partial charge >= 0.3 is 0 Å². The Labute approximate surface area is 87.0 Å². The van der Waals surface area contributed by atoms with Gasteiger partial charge in [0.1, 0.15) is 12.1 Å². The van der Waals surface area contributed by atoms with Gasteiger partial charge in [-0.1, -0.05) is 6.07 Å². The zero-order valence-electron chi connectivity index (χ0n) is 7.86. The zero-order valence-corrected chi connectivity index (χ0v) is 7.86. The molecule has 0 unspecified atom stereocenters. The summed E-state index contributed by atoms with van der Waals surface area (Å²) in [6, 6.07) is 12.8. The molecule has 0 spiro atoms. The molecule has 2 N–H and O–H groups in total. The van der Waals surface area contributed by atoms with Crippen LogP contribution in [0.3, 0.4) is 0 Å². The summed E-state index contributed by atoms with van der Waals surface area (Å²) in [5.74, 6) is 0. The van der Waals surface area contributed by atoms with Crippen LogP contribution in [0.5, 0.6) is 0 Å². The van der Waals surface area contributed by atoms with Crippen molar-refractivity contribution in [2.45, 2.75) is 0 Å². The molecule has 0 aromatic heterocycles. The topological polar surface area (TPSA) is 73.6 Å². The Balaban J connectivity index is 2.84. The molecule has 0 aliphatic rings. The Morgan fingerprint density at radius 2 is 1.47 bits per heavy atom. The van der Waals surface area contributed by atoms with Gasteiger partial charge in [0.05, 0.1) is 11.1 Å². The van der Waals surface area contributed by atoms with Crippen LogP contribution in [0.15, 0.2) is 30.3 Å². The SMILES string of the molecule is N#Cc1cc2ccc(N)cc2cc1C#N. The van der Waals surface area contributed by atoms with E-state index in [1.54, 1.807) is 24.3 Å². The van der Waals surface area contributed by atoms with Gasteiger partial charge < -0.3 is 5.73 Å². The third-order valence-electron chi connectivity index (χ3n) is 2.24. The van der Waals surface area contributed by atoms with Crippen LogP contribution in [0, 0.1) is 22.7 Å². The monoisotopic (exact) mass is 193 g/mol. The maximum atomic E-state index is 8.85. The number of rotatable bonds is 0. The van der Waals surface area contributed by atoms with E-state index in [0.29, 0.717) is 16.8 Å². The van der Waals surface area contributed by atoms with Crippen molar-refractivity contribution in [3.05, 3.63) is 41.5 Å². The first-order valence-electron chi connectivity index (χ1n) is 4.38. The molecular weight excluding hydrogens is 186 g/mol. The molecule has 3 nitrogen and oxygen atoms in total. The Bertz CT molecular complexity index is 615. The van der Waals surface area contributed by atoms with Gasteiger partial charge in [0.15, 0.2) is 0 Å². The second kappa shape index (κ2) is 3.32. The lowest BCUT2D eigenvalue weighted by atomic mass is 10.0. The molecule has 2 aromatic rings. The first-order chi connectivity index (χ1) is 7.24. The minimum atomic E-state index is 0.385. The predicted molar refractivity (Wildman–Crippen MR) is 57.8 cm³/mol. The number of hydrogen-bond acceptors (Lipinski definition) is 3. The maximum absolute atomic E-state index is 8.85. The van der Waals surface area contributed by atoms with Gasteiger partial charge in [-0.3, -0.25) is 0 Å². The number of nitrogen functional groups attached to an aromatic ring is 1. The third-order valence-corrected chi connectivity index (χ3v) is 2.24. The van der Waals surface area contributed by atoms with Gasteiger partial charge in [-0.05, 0) is 35.0 Å². The van der Waals surface area contributed by atoms with Gasteiger partial charge in [0, 0.05) is 5.69 Å². The summed E-state index contributed by atoms with van der Waals surface area (Å²) in [7, 11) is 0. The number of nitriles is 2. The average Bonchev–Trinajstić information content (AvgIpc) is 2.27. The van der Waals surface area contributed by atoms with E-state index in [0.717, 1.165) is 10.8 Å². The molecule has 70 valence electrons. The molecule has 2 aromatic carbocycles. The number of hydrogen-bond donors (Lipinski definition) is 1. The number of nitrogens with zero attached hydrogens (tertiary/aromatic N) is 2. The molecule has 0 heterocycles. The molecule has 0 amide bonds. The fourth-order valence-electron chi connectivity index (χ4n) is 1.50. The van der Waals surface area contributed by atoms with Gasteiger partial charge in [-0.15, -0.1) is 0 Å². The van der Waals surface area contributed by atoms with Gasteiger partial charge in [-0.2, -0.15) is 10.5 Å². The molecule has 0 atom stereocenters. The van der Waals surface area contributed by atoms with Crippen molar-refractivity contribution < 1.29 is 0 Å². The third kappa shape index (κ3) is 1.47. The number of benzene rings is 2. The molecule has 3 heteroatoms. The van der Waals surface area contributed by atoms with E-state index in [1.807, 2.05) is 18.2 Å². The highest BCUT2D eigenvalue weighted by atomic mass is 14.5. The standard InChI is InChI=1S/C12H7N3/c13-6-10-3-8-1-2-12(15)5-9(8)4-11(10)7-14/h1-5H,15H2. The quantitative estimate of drug-likeness (QED) is 0.651. The molecule has 0 saturated heterocycles. The normalized spacial score (nSPS) is 9.47. The highest BCUT2D eigenvalue weighted by molar-refractivity contribution is 5.88. The minimum absolute atomic E-state index is 0.385. The fraction of sp³-hybridized carbons (Fsp3) is 0. The smallest absolute Gasteiger partial charge is 0.101 e. The molecule has 2 rings (SSSR count). The first kappa shape index (κ1) is 9.05. The number of fused-ring (bicyclic) bond motifs is 1. The lowest BCUT2D eigenvalue weighted by Crippen LogP contribution is -1.87. The lowest BCUT2D eigenvalue weighted by molar-refractivity contribution is 1.45. The van der Waals surface area contributed by atoms with E-state index in [4.69, 9.17) is 16.3 Å². The second-order valence-corrected chi connectivity index (χ2v) is 3.23. The largest absolute Gasteiger partial charge is 0.399 e. The van der Waals surface area contributed by atoms with E-state index in [9.17, 15) is 0 Å². The van der Waals surface area contributed by atoms with E-state index >= 15 is 0 Å². The van der Waals surface area contributed by atoms with E-state index in [2.05, 4.69) is 0 Å². The Morgan fingerprint density at radius 3 is 2.07 bits per heavy atom. The van der Waals surface area contributed by atoms with E-state index in [-0.39, 0.29) is 0 Å². The van der Waals surface area contributed by atoms with Crippen LogP contribution < -0.4 is 5.73 Å². The zero-order chi connectivity index (χ0) is 10.8. The predicted octanol–water partition coefficient (Wildman–Crippen LogP) is 2.17. The Kier molecular flexibility index (Phi) is 2.00. The van der Waals surface area contributed by atoms with Gasteiger partial charge in [0.25, 0.3) is 0 Å². The number of nitrogens with two attached hydrogens (primary N) is 1. The molecule has 0 bridgehead atoms. The van der Waals surface area contributed by atoms with Crippen LogP contribution >= 0.6 is 0 Å². The molecule has 0 aliphatic heterocycles. The van der Waals surface area contributed by atoms with Crippen molar-refractivity contribution in [3.63, 3.8) is 0 Å².